The van der Waals surface area contributed by atoms with E-state index in [2.05, 4.69) is 15.8 Å². The summed E-state index contributed by atoms with van der Waals surface area (Å²) in [5, 5.41) is 0.978. The van der Waals surface area contributed by atoms with Gasteiger partial charge in [-0.2, -0.15) is 0 Å². The zero-order valence-electron chi connectivity index (χ0n) is 15.1. The molecule has 0 unspecified atom stereocenters. The highest BCUT2D eigenvalue weighted by molar-refractivity contribution is 7.89. The molecule has 5 nitrogen and oxygen atoms in total. The summed E-state index contributed by atoms with van der Waals surface area (Å²) in [5.74, 6) is 0. The predicted molar refractivity (Wildman–Crippen MR) is 104 cm³/mol. The Bertz CT molecular complexity index is 1110. The zero-order chi connectivity index (χ0) is 18.9. The van der Waals surface area contributed by atoms with E-state index >= 15 is 0 Å². The van der Waals surface area contributed by atoms with Crippen LogP contribution in [0.25, 0.3) is 10.9 Å². The van der Waals surface area contributed by atoms with Crippen LogP contribution in [-0.4, -0.2) is 19.9 Å². The Morgan fingerprint density at radius 1 is 0.962 bits per heavy atom. The Morgan fingerprint density at radius 2 is 1.65 bits per heavy atom. The maximum atomic E-state index is 12.3. The van der Waals surface area contributed by atoms with Crippen molar-refractivity contribution in [3.8, 4) is 0 Å². The van der Waals surface area contributed by atoms with E-state index in [0.717, 1.165) is 27.6 Å². The van der Waals surface area contributed by atoms with E-state index in [9.17, 15) is 13.2 Å². The van der Waals surface area contributed by atoms with Gasteiger partial charge in [0.15, 0.2) is 0 Å². The summed E-state index contributed by atoms with van der Waals surface area (Å²) in [4.78, 5) is 15.4. The number of aromatic amines is 1. The number of pyridine rings is 1. The van der Waals surface area contributed by atoms with Crippen LogP contribution in [0.15, 0.2) is 52.2 Å². The third kappa shape index (κ3) is 3.86. The fourth-order valence-electron chi connectivity index (χ4n) is 3.02. The smallest absolute Gasteiger partial charge is 0.251 e. The number of aromatic nitrogens is 1. The van der Waals surface area contributed by atoms with E-state index in [0.29, 0.717) is 12.0 Å². The van der Waals surface area contributed by atoms with Gasteiger partial charge >= 0.3 is 0 Å². The molecule has 0 saturated heterocycles. The largest absolute Gasteiger partial charge is 0.322 e. The van der Waals surface area contributed by atoms with E-state index < -0.39 is 10.0 Å². The molecule has 136 valence electrons. The number of hydrogen-bond acceptors (Lipinski definition) is 3. The summed E-state index contributed by atoms with van der Waals surface area (Å²) in [6.07, 6.45) is 0.323. The van der Waals surface area contributed by atoms with Crippen LogP contribution in [0.4, 0.5) is 0 Å². The van der Waals surface area contributed by atoms with Crippen molar-refractivity contribution >= 4 is 20.9 Å². The van der Waals surface area contributed by atoms with E-state index in [-0.39, 0.29) is 17.0 Å². The van der Waals surface area contributed by atoms with Gasteiger partial charge in [-0.1, -0.05) is 23.8 Å². The van der Waals surface area contributed by atoms with Crippen LogP contribution in [0.1, 0.15) is 22.3 Å². The fraction of sp³-hybridized carbons (Fsp3) is 0.250. The number of fused-ring (bicyclic) bond motifs is 1. The molecule has 0 radical (unpaired) electrons. The first-order chi connectivity index (χ1) is 12.3. The van der Waals surface area contributed by atoms with Crippen molar-refractivity contribution in [2.45, 2.75) is 32.1 Å². The van der Waals surface area contributed by atoms with Crippen LogP contribution in [0.2, 0.25) is 0 Å². The molecule has 0 spiro atoms. The Balaban J connectivity index is 1.78. The van der Waals surface area contributed by atoms with Gasteiger partial charge in [-0.05, 0) is 62.6 Å². The van der Waals surface area contributed by atoms with Crippen LogP contribution in [0.3, 0.4) is 0 Å². The Hall–Kier alpha value is -2.44. The predicted octanol–water partition coefficient (Wildman–Crippen LogP) is 2.97. The molecule has 1 heterocycles. The van der Waals surface area contributed by atoms with Crippen molar-refractivity contribution in [3.05, 3.63) is 75.1 Å². The minimum absolute atomic E-state index is 0.162. The number of benzene rings is 2. The summed E-state index contributed by atoms with van der Waals surface area (Å²) in [7, 11) is -3.58. The zero-order valence-corrected chi connectivity index (χ0v) is 15.9. The molecular weight excluding hydrogens is 348 g/mol. The molecule has 0 saturated carbocycles. The molecule has 0 atom stereocenters. The first-order valence-corrected chi connectivity index (χ1v) is 9.94. The van der Waals surface area contributed by atoms with E-state index in [1.165, 1.54) is 0 Å². The second-order valence-corrected chi connectivity index (χ2v) is 8.39. The van der Waals surface area contributed by atoms with Crippen LogP contribution in [0, 0.1) is 20.8 Å². The lowest BCUT2D eigenvalue weighted by Crippen LogP contribution is -2.27. The van der Waals surface area contributed by atoms with Gasteiger partial charge < -0.3 is 4.98 Å². The molecule has 0 bridgehead atoms. The average molecular weight is 370 g/mol. The van der Waals surface area contributed by atoms with Gasteiger partial charge in [-0.3, -0.25) is 4.79 Å². The normalized spacial score (nSPS) is 11.8. The van der Waals surface area contributed by atoms with Gasteiger partial charge in [0.25, 0.3) is 5.56 Å². The van der Waals surface area contributed by atoms with Gasteiger partial charge in [-0.25, -0.2) is 13.1 Å². The van der Waals surface area contributed by atoms with Crippen molar-refractivity contribution in [2.24, 2.45) is 0 Å². The van der Waals surface area contributed by atoms with Crippen molar-refractivity contribution in [3.63, 3.8) is 0 Å². The average Bonchev–Trinajstić information content (AvgIpc) is 2.56. The van der Waals surface area contributed by atoms with Gasteiger partial charge in [-0.15, -0.1) is 0 Å². The lowest BCUT2D eigenvalue weighted by Gasteiger charge is -2.09. The second-order valence-electron chi connectivity index (χ2n) is 6.63. The van der Waals surface area contributed by atoms with Crippen molar-refractivity contribution in [2.75, 3.05) is 6.54 Å². The van der Waals surface area contributed by atoms with Crippen LogP contribution in [-0.2, 0) is 16.4 Å². The topological polar surface area (TPSA) is 79.0 Å². The monoisotopic (exact) mass is 370 g/mol. The van der Waals surface area contributed by atoms with Crippen molar-refractivity contribution in [1.82, 2.24) is 9.71 Å². The molecule has 0 fully saturated rings. The highest BCUT2D eigenvalue weighted by Crippen LogP contribution is 2.18. The maximum absolute atomic E-state index is 12.3. The molecule has 0 aliphatic heterocycles. The lowest BCUT2D eigenvalue weighted by atomic mass is 10.0. The molecule has 3 aromatic rings. The standard InChI is InChI=1S/C20H22N2O3S/c1-13-4-6-17(7-5-13)26(24,25)21-9-8-16-12-18-15(3)10-14(2)11-19(18)22-20(16)23/h4-7,10-12,21H,8-9H2,1-3H3,(H,22,23). The number of nitrogens with one attached hydrogen (secondary N) is 2. The quantitative estimate of drug-likeness (QED) is 0.725. The maximum Gasteiger partial charge on any atom is 0.251 e. The molecule has 0 aliphatic rings. The number of H-pyrrole nitrogens is 1. The van der Waals surface area contributed by atoms with E-state index in [1.54, 1.807) is 24.3 Å². The SMILES string of the molecule is Cc1ccc(S(=O)(=O)NCCc2cc3c(C)cc(C)cc3[nH]c2=O)cc1. The van der Waals surface area contributed by atoms with Crippen LogP contribution >= 0.6 is 0 Å². The molecule has 2 N–H and O–H groups in total. The molecule has 3 rings (SSSR count). The fourth-order valence-corrected chi connectivity index (χ4v) is 4.05. The Morgan fingerprint density at radius 3 is 2.35 bits per heavy atom. The van der Waals surface area contributed by atoms with Gasteiger partial charge in [0.1, 0.15) is 0 Å². The first kappa shape index (κ1) is 18.4. The molecule has 0 amide bonds. The van der Waals surface area contributed by atoms with Crippen LogP contribution in [0.5, 0.6) is 0 Å². The molecule has 0 aliphatic carbocycles. The van der Waals surface area contributed by atoms with Gasteiger partial charge in [0, 0.05) is 23.0 Å². The lowest BCUT2D eigenvalue weighted by molar-refractivity contribution is 0.581. The number of sulfonamides is 1. The minimum atomic E-state index is -3.58. The highest BCUT2D eigenvalue weighted by Gasteiger charge is 2.13. The highest BCUT2D eigenvalue weighted by atomic mass is 32.2. The third-order valence-electron chi connectivity index (χ3n) is 4.41. The second kappa shape index (κ2) is 7.05. The molecule has 1 aromatic heterocycles. The Labute approximate surface area is 153 Å². The number of aryl methyl sites for hydroxylation is 3. The molecule has 26 heavy (non-hydrogen) atoms. The summed E-state index contributed by atoms with van der Waals surface area (Å²) in [5.41, 5.74) is 4.35. The molecule has 6 heteroatoms. The summed E-state index contributed by atoms with van der Waals surface area (Å²) >= 11 is 0. The van der Waals surface area contributed by atoms with E-state index in [4.69, 9.17) is 0 Å². The molecule has 2 aromatic carbocycles. The number of hydrogen-bond donors (Lipinski definition) is 2. The Kier molecular flexibility index (Phi) is 4.98. The number of rotatable bonds is 5. The van der Waals surface area contributed by atoms with Crippen molar-refractivity contribution < 1.29 is 8.42 Å². The molecular formula is C20H22N2O3S. The summed E-state index contributed by atoms with van der Waals surface area (Å²) in [6, 6.07) is 12.5. The van der Waals surface area contributed by atoms with Crippen molar-refractivity contribution in [1.29, 1.82) is 0 Å². The van der Waals surface area contributed by atoms with E-state index in [1.807, 2.05) is 32.9 Å². The minimum Gasteiger partial charge on any atom is -0.322 e. The van der Waals surface area contributed by atoms with Crippen LogP contribution < -0.4 is 10.3 Å². The van der Waals surface area contributed by atoms with Gasteiger partial charge in [0.05, 0.1) is 4.90 Å². The summed E-state index contributed by atoms with van der Waals surface area (Å²) < 4.78 is 27.2. The van der Waals surface area contributed by atoms with Gasteiger partial charge in [0.2, 0.25) is 10.0 Å². The first-order valence-electron chi connectivity index (χ1n) is 8.46. The summed E-state index contributed by atoms with van der Waals surface area (Å²) in [6.45, 7) is 6.05. The third-order valence-corrected chi connectivity index (χ3v) is 5.88.